The van der Waals surface area contributed by atoms with Gasteiger partial charge in [-0.05, 0) is 38.1 Å². The zero-order chi connectivity index (χ0) is 14.0. The standard InChI is InChI=1S/C14H19N5/c1-9-10(2)16-14(17-13(9)18-15)11-5-7-12(8-6-11)19(3)4/h5-8H,15H2,1-4H3,(H,16,17,18). The largest absolute Gasteiger partial charge is 0.378 e. The number of hydrogen-bond acceptors (Lipinski definition) is 5. The summed E-state index contributed by atoms with van der Waals surface area (Å²) in [5, 5.41) is 0. The van der Waals surface area contributed by atoms with Crippen LogP contribution < -0.4 is 16.2 Å². The lowest BCUT2D eigenvalue weighted by atomic mass is 10.1. The highest BCUT2D eigenvalue weighted by atomic mass is 15.3. The average molecular weight is 257 g/mol. The van der Waals surface area contributed by atoms with Gasteiger partial charge in [0.15, 0.2) is 5.82 Å². The van der Waals surface area contributed by atoms with Gasteiger partial charge < -0.3 is 10.3 Å². The summed E-state index contributed by atoms with van der Waals surface area (Å²) in [7, 11) is 4.02. The Bertz CT molecular complexity index is 575. The van der Waals surface area contributed by atoms with Crippen molar-refractivity contribution in [3.8, 4) is 11.4 Å². The van der Waals surface area contributed by atoms with Gasteiger partial charge in [-0.2, -0.15) is 0 Å². The van der Waals surface area contributed by atoms with Gasteiger partial charge in [-0.1, -0.05) is 0 Å². The van der Waals surface area contributed by atoms with Gasteiger partial charge in [0.1, 0.15) is 5.82 Å². The van der Waals surface area contributed by atoms with Crippen molar-refractivity contribution in [2.75, 3.05) is 24.4 Å². The Morgan fingerprint density at radius 3 is 2.21 bits per heavy atom. The average Bonchev–Trinajstić information content (AvgIpc) is 2.41. The molecule has 2 aromatic rings. The molecule has 0 bridgehead atoms. The first-order valence-corrected chi connectivity index (χ1v) is 6.12. The Hall–Kier alpha value is -2.14. The van der Waals surface area contributed by atoms with Crippen LogP contribution in [0.4, 0.5) is 11.5 Å². The second-order valence-electron chi connectivity index (χ2n) is 4.69. The molecule has 1 aromatic heterocycles. The van der Waals surface area contributed by atoms with Crippen LogP contribution in [0.1, 0.15) is 11.3 Å². The Morgan fingerprint density at radius 2 is 1.68 bits per heavy atom. The molecule has 0 aliphatic carbocycles. The predicted octanol–water partition coefficient (Wildman–Crippen LogP) is 2.11. The van der Waals surface area contributed by atoms with Crippen LogP contribution in [0.3, 0.4) is 0 Å². The van der Waals surface area contributed by atoms with Crippen LogP contribution in [-0.4, -0.2) is 24.1 Å². The quantitative estimate of drug-likeness (QED) is 0.651. The summed E-state index contributed by atoms with van der Waals surface area (Å²) < 4.78 is 0. The van der Waals surface area contributed by atoms with Gasteiger partial charge in [-0.3, -0.25) is 0 Å². The van der Waals surface area contributed by atoms with Crippen LogP contribution in [0.2, 0.25) is 0 Å². The summed E-state index contributed by atoms with van der Waals surface area (Å²) in [5.74, 6) is 6.83. The fraction of sp³-hybridized carbons (Fsp3) is 0.286. The molecule has 1 heterocycles. The minimum atomic E-state index is 0.666. The van der Waals surface area contributed by atoms with Gasteiger partial charge in [0.05, 0.1) is 0 Å². The fourth-order valence-electron chi connectivity index (χ4n) is 1.81. The molecule has 100 valence electrons. The highest BCUT2D eigenvalue weighted by molar-refractivity contribution is 5.62. The maximum absolute atomic E-state index is 5.48. The molecule has 0 saturated heterocycles. The number of hydrazine groups is 1. The summed E-state index contributed by atoms with van der Waals surface area (Å²) >= 11 is 0. The molecule has 0 fully saturated rings. The van der Waals surface area contributed by atoms with E-state index in [0.29, 0.717) is 11.6 Å². The van der Waals surface area contributed by atoms with E-state index in [0.717, 1.165) is 22.5 Å². The third kappa shape index (κ3) is 2.66. The fourth-order valence-corrected chi connectivity index (χ4v) is 1.81. The molecule has 0 radical (unpaired) electrons. The molecule has 0 aliphatic rings. The van der Waals surface area contributed by atoms with Crippen molar-refractivity contribution in [3.63, 3.8) is 0 Å². The zero-order valence-electron chi connectivity index (χ0n) is 11.7. The Labute approximate surface area is 113 Å². The van der Waals surface area contributed by atoms with Crippen LogP contribution in [0.5, 0.6) is 0 Å². The van der Waals surface area contributed by atoms with Crippen LogP contribution in [0.15, 0.2) is 24.3 Å². The third-order valence-electron chi connectivity index (χ3n) is 3.17. The molecule has 0 atom stereocenters. The first-order chi connectivity index (χ1) is 9.02. The van der Waals surface area contributed by atoms with E-state index in [-0.39, 0.29) is 0 Å². The number of anilines is 2. The normalized spacial score (nSPS) is 10.4. The van der Waals surface area contributed by atoms with E-state index < -0.39 is 0 Å². The molecule has 0 spiro atoms. The van der Waals surface area contributed by atoms with Crippen molar-refractivity contribution in [1.82, 2.24) is 9.97 Å². The summed E-state index contributed by atoms with van der Waals surface area (Å²) in [5.41, 5.74) is 6.63. The first-order valence-electron chi connectivity index (χ1n) is 6.12. The monoisotopic (exact) mass is 257 g/mol. The molecule has 0 unspecified atom stereocenters. The second kappa shape index (κ2) is 5.24. The molecule has 19 heavy (non-hydrogen) atoms. The van der Waals surface area contributed by atoms with Crippen molar-refractivity contribution in [1.29, 1.82) is 0 Å². The van der Waals surface area contributed by atoms with E-state index >= 15 is 0 Å². The van der Waals surface area contributed by atoms with Gasteiger partial charge in [0.2, 0.25) is 0 Å². The Balaban J connectivity index is 2.44. The number of nitrogens with zero attached hydrogens (tertiary/aromatic N) is 3. The zero-order valence-corrected chi connectivity index (χ0v) is 11.7. The molecule has 0 amide bonds. The molecule has 3 N–H and O–H groups in total. The Morgan fingerprint density at radius 1 is 1.05 bits per heavy atom. The first kappa shape index (κ1) is 13.3. The summed E-state index contributed by atoms with van der Waals surface area (Å²) in [6.45, 7) is 3.90. The van der Waals surface area contributed by atoms with E-state index in [2.05, 4.69) is 20.3 Å². The van der Waals surface area contributed by atoms with Crippen LogP contribution in [-0.2, 0) is 0 Å². The minimum Gasteiger partial charge on any atom is -0.378 e. The molecule has 5 nitrogen and oxygen atoms in total. The molecule has 5 heteroatoms. The van der Waals surface area contributed by atoms with Crippen molar-refractivity contribution < 1.29 is 0 Å². The number of aryl methyl sites for hydroxylation is 1. The van der Waals surface area contributed by atoms with E-state index in [1.165, 1.54) is 0 Å². The molecule has 2 rings (SSSR count). The lowest BCUT2D eigenvalue weighted by Crippen LogP contribution is -2.12. The number of nitrogen functional groups attached to an aromatic ring is 1. The third-order valence-corrected chi connectivity index (χ3v) is 3.17. The lowest BCUT2D eigenvalue weighted by Gasteiger charge is -2.13. The van der Waals surface area contributed by atoms with Gasteiger partial charge in [0.25, 0.3) is 0 Å². The molecular formula is C14H19N5. The topological polar surface area (TPSA) is 67.1 Å². The molecule has 1 aromatic carbocycles. The van der Waals surface area contributed by atoms with Gasteiger partial charge in [-0.15, -0.1) is 0 Å². The van der Waals surface area contributed by atoms with E-state index in [1.807, 2.05) is 52.2 Å². The van der Waals surface area contributed by atoms with Crippen molar-refractivity contribution in [2.45, 2.75) is 13.8 Å². The van der Waals surface area contributed by atoms with Crippen LogP contribution >= 0.6 is 0 Å². The molecule has 0 aliphatic heterocycles. The SMILES string of the molecule is Cc1nc(-c2ccc(N(C)C)cc2)nc(NN)c1C. The number of aromatic nitrogens is 2. The maximum atomic E-state index is 5.48. The predicted molar refractivity (Wildman–Crippen MR) is 79.1 cm³/mol. The van der Waals surface area contributed by atoms with Crippen molar-refractivity contribution >= 4 is 11.5 Å². The van der Waals surface area contributed by atoms with E-state index in [4.69, 9.17) is 5.84 Å². The van der Waals surface area contributed by atoms with Gasteiger partial charge >= 0.3 is 0 Å². The summed E-state index contributed by atoms with van der Waals surface area (Å²) in [6, 6.07) is 8.12. The van der Waals surface area contributed by atoms with Gasteiger partial charge in [0, 0.05) is 36.6 Å². The summed E-state index contributed by atoms with van der Waals surface area (Å²) in [6.07, 6.45) is 0. The van der Waals surface area contributed by atoms with Crippen LogP contribution in [0.25, 0.3) is 11.4 Å². The lowest BCUT2D eigenvalue weighted by molar-refractivity contribution is 1.06. The number of nitrogens with one attached hydrogen (secondary N) is 1. The Kier molecular flexibility index (Phi) is 3.66. The molecular weight excluding hydrogens is 238 g/mol. The summed E-state index contributed by atoms with van der Waals surface area (Å²) in [4.78, 5) is 11.0. The maximum Gasteiger partial charge on any atom is 0.161 e. The number of nitrogens with two attached hydrogens (primary N) is 1. The van der Waals surface area contributed by atoms with Crippen molar-refractivity contribution in [3.05, 3.63) is 35.5 Å². The van der Waals surface area contributed by atoms with E-state index in [1.54, 1.807) is 0 Å². The minimum absolute atomic E-state index is 0.666. The molecule has 0 saturated carbocycles. The smallest absolute Gasteiger partial charge is 0.161 e. The second-order valence-corrected chi connectivity index (χ2v) is 4.69. The van der Waals surface area contributed by atoms with Crippen LogP contribution in [0, 0.1) is 13.8 Å². The number of rotatable bonds is 3. The number of benzene rings is 1. The highest BCUT2D eigenvalue weighted by Gasteiger charge is 2.09. The number of hydrogen-bond donors (Lipinski definition) is 2. The van der Waals surface area contributed by atoms with E-state index in [9.17, 15) is 0 Å². The van der Waals surface area contributed by atoms with Crippen molar-refractivity contribution in [2.24, 2.45) is 5.84 Å². The van der Waals surface area contributed by atoms with Gasteiger partial charge in [-0.25, -0.2) is 15.8 Å². The highest BCUT2D eigenvalue weighted by Crippen LogP contribution is 2.23.